The number of carboxylic acid groups (broad SMARTS) is 1. The number of sulfonamides is 2. The van der Waals surface area contributed by atoms with Crippen LogP contribution in [-0.2, 0) is 42.7 Å². The number of primary sulfonamides is 1. The van der Waals surface area contributed by atoms with Gasteiger partial charge in [-0.15, -0.1) is 10.2 Å². The molecule has 29 nitrogen and oxygen atoms in total. The van der Waals surface area contributed by atoms with Crippen molar-refractivity contribution < 1.29 is 69.5 Å². The molecule has 6 aliphatic carbocycles. The van der Waals surface area contributed by atoms with Crippen LogP contribution in [0.2, 0.25) is 10.3 Å². The molecule has 2 aliphatic heterocycles. The summed E-state index contributed by atoms with van der Waals surface area (Å²) in [6.07, 6.45) is 21.1. The van der Waals surface area contributed by atoms with Crippen LogP contribution in [0.3, 0.4) is 0 Å². The van der Waals surface area contributed by atoms with Gasteiger partial charge in [0.15, 0.2) is 44.8 Å². The highest BCUT2D eigenvalue weighted by molar-refractivity contribution is 7.90. The van der Waals surface area contributed by atoms with Gasteiger partial charge in [0.05, 0.1) is 24.3 Å². The zero-order valence-electron chi connectivity index (χ0n) is 70.3. The van der Waals surface area contributed by atoms with Crippen LogP contribution < -0.4 is 39.4 Å². The molecule has 0 radical (unpaired) electrons. The fraction of sp³-hybridized carbons (Fsp3) is 0.523. The molecule has 3 amide bonds. The number of carbonyl (C=O) groups excluding carboxylic acids is 3. The summed E-state index contributed by atoms with van der Waals surface area (Å²) in [4.78, 5) is 70.6. The van der Waals surface area contributed by atoms with Crippen molar-refractivity contribution in [3.05, 3.63) is 166 Å². The molecule has 33 heteroatoms. The molecule has 0 bridgehead atoms. The lowest BCUT2D eigenvalue weighted by Gasteiger charge is -2.33. The Kier molecular flexibility index (Phi) is 24.9. The van der Waals surface area contributed by atoms with E-state index in [9.17, 15) is 36.0 Å². The zero-order valence-corrected chi connectivity index (χ0v) is 73.4. The van der Waals surface area contributed by atoms with Crippen molar-refractivity contribution in [2.75, 3.05) is 50.0 Å². The molecule has 0 unspecified atom stereocenters. The minimum absolute atomic E-state index is 0.0264. The number of hydrogen-bond donors (Lipinski definition) is 5. The minimum Gasteiger partial charge on any atom is -0.485 e. The number of pyridine rings is 4. The van der Waals surface area contributed by atoms with E-state index in [0.29, 0.717) is 121 Å². The van der Waals surface area contributed by atoms with Gasteiger partial charge in [-0.3, -0.25) is 4.79 Å². The Hall–Kier alpha value is -9.82. The average molecular weight is 1740 g/mol. The number of halogens is 2. The third-order valence-electron chi connectivity index (χ3n) is 24.9. The highest BCUT2D eigenvalue weighted by atomic mass is 35.5. The first-order valence-electron chi connectivity index (χ1n) is 41.7. The van der Waals surface area contributed by atoms with Gasteiger partial charge in [-0.2, -0.15) is 8.42 Å². The van der Waals surface area contributed by atoms with Crippen molar-refractivity contribution >= 4 is 78.9 Å². The number of nitrogens with zero attached hydrogens (tertiary/aromatic N) is 10. The smallest absolute Gasteiger partial charge is 0.410 e. The highest BCUT2D eigenvalue weighted by Gasteiger charge is 2.86. The Morgan fingerprint density at radius 1 is 0.512 bits per heavy atom. The number of carboxylic acids is 1. The number of ether oxygens (including phenoxy) is 6. The molecule has 648 valence electrons. The van der Waals surface area contributed by atoms with E-state index in [1.165, 1.54) is 97.1 Å². The highest BCUT2D eigenvalue weighted by Crippen LogP contribution is 2.94. The van der Waals surface area contributed by atoms with Crippen molar-refractivity contribution in [1.29, 1.82) is 0 Å². The Morgan fingerprint density at radius 3 is 1.29 bits per heavy atom. The quantitative estimate of drug-likeness (QED) is 0.0199. The summed E-state index contributed by atoms with van der Waals surface area (Å²) in [5, 5.41) is 28.7. The Morgan fingerprint density at radius 2 is 0.909 bits per heavy atom. The summed E-state index contributed by atoms with van der Waals surface area (Å²) in [6.45, 7) is 23.5. The Labute approximate surface area is 717 Å². The molecule has 6 saturated carbocycles. The van der Waals surface area contributed by atoms with E-state index in [2.05, 4.69) is 59.3 Å². The van der Waals surface area contributed by atoms with Gasteiger partial charge >= 0.3 is 18.2 Å². The zero-order chi connectivity index (χ0) is 86.3. The number of aromatic nitrogens is 8. The Bertz CT molecular complexity index is 5320. The van der Waals surface area contributed by atoms with E-state index in [1.807, 2.05) is 121 Å². The first kappa shape index (κ1) is 87.5. The molecule has 6 N–H and O–H groups in total. The van der Waals surface area contributed by atoms with Crippen LogP contribution in [0.15, 0.2) is 144 Å². The van der Waals surface area contributed by atoms with Crippen LogP contribution in [0.25, 0.3) is 11.6 Å². The largest absolute Gasteiger partial charge is 0.485 e. The second-order valence-electron chi connectivity index (χ2n) is 36.6. The predicted octanol–water partition coefficient (Wildman–Crippen LogP) is 16.3. The molecule has 2 saturated heterocycles. The van der Waals surface area contributed by atoms with Gasteiger partial charge in [0, 0.05) is 61.8 Å². The number of amides is 3. The molecule has 6 aromatic heterocycles. The average Bonchev–Trinajstić information content (AvgIpc) is 1.45. The number of nitrogens with one attached hydrogen (secondary N) is 3. The van der Waals surface area contributed by atoms with Crippen molar-refractivity contribution in [2.45, 2.75) is 218 Å². The second-order valence-corrected chi connectivity index (χ2v) is 40.5. The summed E-state index contributed by atoms with van der Waals surface area (Å²) in [7, 11) is -8.42. The topological polar surface area (TPSA) is 368 Å². The molecule has 121 heavy (non-hydrogen) atoms. The van der Waals surface area contributed by atoms with Crippen molar-refractivity contribution in [2.24, 2.45) is 50.5 Å². The molecular formula is C88H110Cl2N14O15S2. The minimum atomic E-state index is -4.47. The van der Waals surface area contributed by atoms with E-state index < -0.39 is 43.1 Å². The summed E-state index contributed by atoms with van der Waals surface area (Å²) in [6, 6.07) is 34.4. The second kappa shape index (κ2) is 34.5. The number of likely N-dealkylation sites (tertiary alicyclic amines) is 2. The van der Waals surface area contributed by atoms with Crippen LogP contribution >= 0.6 is 23.2 Å². The fourth-order valence-corrected chi connectivity index (χ4v) is 20.6. The lowest BCUT2D eigenvalue weighted by molar-refractivity contribution is 0.0118. The molecule has 4 spiro atoms. The van der Waals surface area contributed by atoms with Gasteiger partial charge in [-0.25, -0.2) is 62.0 Å². The fourth-order valence-electron chi connectivity index (χ4n) is 18.7. The number of anilines is 2. The van der Waals surface area contributed by atoms with Crippen molar-refractivity contribution in [1.82, 2.24) is 54.0 Å². The molecule has 8 fully saturated rings. The van der Waals surface area contributed by atoms with E-state index in [0.717, 1.165) is 67.9 Å². The molecule has 8 heterocycles. The monoisotopic (exact) mass is 1740 g/mol. The van der Waals surface area contributed by atoms with Crippen LogP contribution in [0.5, 0.6) is 23.3 Å². The lowest BCUT2D eigenvalue weighted by atomic mass is 9.93. The first-order valence-corrected chi connectivity index (χ1v) is 45.5. The number of hydrogen-bond acceptors (Lipinski definition) is 22. The standard InChI is InChI=1S/C44H54ClN7O7S.C26H38N4O5S.C18H18ClN3O3/c1-41(2,3)59-40(54)51-27-30(26-42(51,4)5)12-9-23-46-38-32(58-28-29-10-7-6-8-11-29)14-16-36(48-38)60(55,56)50-39(53)31-13-15-34(47-37(31)45)52-24-17-35(49-52)57-25-18-33-43(19-20-43)44(33)21-22-44;1-25(2,3)35-24(31)30-17-20(16-26(30,4)5)12-9-15-28-23-21(13-14-22(29-23)36(27,32)33)34-18-19-10-7-6-8-11-19;19-15-11(16(23)24)1-2-13(20-15)22-9-3-14(21-22)25-10-4-12-17(5-6-17)18(12)7-8-18/h6-8,10-11,13-17,24,30,33H,9,12,18-23,25-28H2,1-5H3,(H,46,48)(H,50,53);6-8,10-11,13-14,20H,9,12,15-18H2,1-5H3,(H,28,29)(H2,27,32,33);1-3,9,12H,4-8,10H2,(H,23,24)/t30-;20-;/m00./s1. The number of rotatable bonds is 31. The molecular weight excluding hydrogens is 1630 g/mol. The maximum Gasteiger partial charge on any atom is 0.410 e. The van der Waals surface area contributed by atoms with E-state index >= 15 is 0 Å². The number of aromatic carboxylic acids is 1. The van der Waals surface area contributed by atoms with E-state index in [4.69, 9.17) is 61.9 Å². The normalized spacial score (nSPS) is 19.4. The van der Waals surface area contributed by atoms with Gasteiger partial charge in [0.25, 0.3) is 26.0 Å². The number of benzene rings is 2. The number of nitrogens with two attached hydrogens (primary N) is 1. The lowest BCUT2D eigenvalue weighted by Crippen LogP contribution is -2.45. The van der Waals surface area contributed by atoms with E-state index in [-0.39, 0.29) is 73.1 Å². The van der Waals surface area contributed by atoms with Crippen LogP contribution in [0.4, 0.5) is 21.2 Å². The van der Waals surface area contributed by atoms with E-state index in [1.54, 1.807) is 41.6 Å². The summed E-state index contributed by atoms with van der Waals surface area (Å²) < 4.78 is 91.0. The van der Waals surface area contributed by atoms with Gasteiger partial charge < -0.3 is 54.0 Å². The summed E-state index contributed by atoms with van der Waals surface area (Å²) >= 11 is 12.4. The molecule has 2 atom stereocenters. The molecule has 8 aliphatic rings. The molecule has 8 aromatic rings. The van der Waals surface area contributed by atoms with Crippen molar-refractivity contribution in [3.63, 3.8) is 0 Å². The predicted molar refractivity (Wildman–Crippen MR) is 455 cm³/mol. The summed E-state index contributed by atoms with van der Waals surface area (Å²) in [5.74, 6) is 3.34. The Balaban J connectivity index is 0.000000165. The number of fused-ring (bicyclic) bond motifs is 2. The van der Waals surface area contributed by atoms with Crippen molar-refractivity contribution in [3.8, 4) is 34.9 Å². The molecule has 2 aromatic carbocycles. The van der Waals surface area contributed by atoms with Gasteiger partial charge in [-0.05, 0) is 277 Å². The van der Waals surface area contributed by atoms with Crippen LogP contribution in [0, 0.1) is 45.3 Å². The maximum atomic E-state index is 13.6. The van der Waals surface area contributed by atoms with Gasteiger partial charge in [-0.1, -0.05) is 83.9 Å². The van der Waals surface area contributed by atoms with Gasteiger partial charge in [0.2, 0.25) is 11.8 Å². The maximum absolute atomic E-state index is 13.6. The third kappa shape index (κ3) is 20.4. The van der Waals surface area contributed by atoms with Crippen LogP contribution in [-0.4, -0.2) is 157 Å². The summed E-state index contributed by atoms with van der Waals surface area (Å²) in [5.41, 5.74) is 2.69. The van der Waals surface area contributed by atoms with Crippen LogP contribution in [0.1, 0.15) is 204 Å². The SMILES string of the molecule is CC(C)(C)OC(=O)N1C[C@@H](CCCNc2nc(S(=O)(=O)NC(=O)c3ccc(-n4ccc(OCCC5C6(CC6)C56CC6)n4)nc3Cl)ccc2OCc2ccccc2)CC1(C)C.CC(C)(C)OC(=O)N1C[C@@H](CCCNc2nc(S(N)(=O)=O)ccc2OCc2ccccc2)CC1(C)C.O=C(O)c1ccc(-n2ccc(OCCC3C4(CC4)C34CC4)n2)nc1Cl. The van der Waals surface area contributed by atoms with Gasteiger partial charge in [0.1, 0.15) is 34.7 Å². The first-order chi connectivity index (χ1) is 57.3. The third-order valence-corrected chi connectivity index (χ3v) is 27.6. The number of carbonyl (C=O) groups is 4. The molecule has 16 rings (SSSR count).